The van der Waals surface area contributed by atoms with Gasteiger partial charge in [0.25, 0.3) is 0 Å². The van der Waals surface area contributed by atoms with E-state index < -0.39 is 0 Å². The zero-order valence-electron chi connectivity index (χ0n) is 9.12. The molecule has 15 heavy (non-hydrogen) atoms. The van der Waals surface area contributed by atoms with Crippen LogP contribution < -0.4 is 5.32 Å². The number of halogens is 1. The summed E-state index contributed by atoms with van der Waals surface area (Å²) < 4.78 is 0. The summed E-state index contributed by atoms with van der Waals surface area (Å²) in [5.41, 5.74) is 3.41. The smallest absolute Gasteiger partial charge is 0.00840 e. The summed E-state index contributed by atoms with van der Waals surface area (Å²) in [7, 11) is 0. The van der Waals surface area contributed by atoms with Crippen LogP contribution in [0.4, 0.5) is 0 Å². The Bertz CT molecular complexity index is 333. The van der Waals surface area contributed by atoms with Crippen molar-refractivity contribution in [2.45, 2.75) is 25.2 Å². The molecule has 1 nitrogen and oxygen atoms in total. The molecule has 2 heteroatoms. The molecule has 0 unspecified atom stereocenters. The van der Waals surface area contributed by atoms with E-state index in [2.05, 4.69) is 36.5 Å². The van der Waals surface area contributed by atoms with Crippen molar-refractivity contribution in [2.24, 2.45) is 5.92 Å². The molecule has 2 aliphatic heterocycles. The predicted octanol–water partition coefficient (Wildman–Crippen LogP) is 2.67. The van der Waals surface area contributed by atoms with Gasteiger partial charge in [0, 0.05) is 12.0 Å². The third-order valence-corrected chi connectivity index (χ3v) is 3.92. The average Bonchev–Trinajstić information content (AvgIpc) is 2.18. The molecular weight excluding hydrogens is 206 g/mol. The fourth-order valence-electron chi connectivity index (χ4n) is 3.09. The highest BCUT2D eigenvalue weighted by molar-refractivity contribution is 5.85. The van der Waals surface area contributed by atoms with Gasteiger partial charge in [0.1, 0.15) is 0 Å². The Labute approximate surface area is 97.7 Å². The van der Waals surface area contributed by atoms with Gasteiger partial charge in [0.05, 0.1) is 0 Å². The van der Waals surface area contributed by atoms with Crippen LogP contribution in [0.25, 0.3) is 0 Å². The molecule has 4 rings (SSSR count). The van der Waals surface area contributed by atoms with Crippen molar-refractivity contribution in [1.82, 2.24) is 5.32 Å². The van der Waals surface area contributed by atoms with Crippen LogP contribution in [0, 0.1) is 12.8 Å². The highest BCUT2D eigenvalue weighted by atomic mass is 35.5. The van der Waals surface area contributed by atoms with Crippen molar-refractivity contribution in [1.29, 1.82) is 0 Å². The fourth-order valence-corrected chi connectivity index (χ4v) is 3.09. The Kier molecular flexibility index (Phi) is 2.78. The molecule has 1 saturated carbocycles. The van der Waals surface area contributed by atoms with Gasteiger partial charge >= 0.3 is 0 Å². The summed E-state index contributed by atoms with van der Waals surface area (Å²) >= 11 is 0. The molecule has 0 radical (unpaired) electrons. The maximum absolute atomic E-state index is 3.54. The van der Waals surface area contributed by atoms with Gasteiger partial charge in [-0.05, 0) is 37.8 Å². The second-order valence-electron chi connectivity index (χ2n) is 5.05. The van der Waals surface area contributed by atoms with Crippen molar-refractivity contribution < 1.29 is 0 Å². The Morgan fingerprint density at radius 1 is 1.20 bits per heavy atom. The monoisotopic (exact) mass is 223 g/mol. The van der Waals surface area contributed by atoms with E-state index in [-0.39, 0.29) is 12.4 Å². The molecule has 0 aromatic heterocycles. The van der Waals surface area contributed by atoms with Gasteiger partial charge in [-0.25, -0.2) is 0 Å². The van der Waals surface area contributed by atoms with Crippen molar-refractivity contribution in [3.05, 3.63) is 35.4 Å². The first kappa shape index (κ1) is 11.0. The minimum Gasteiger partial charge on any atom is -0.316 e. The molecule has 2 heterocycles. The van der Waals surface area contributed by atoms with E-state index in [1.54, 1.807) is 5.56 Å². The number of aryl methyl sites for hydroxylation is 1. The van der Waals surface area contributed by atoms with Crippen LogP contribution in [0.1, 0.15) is 24.0 Å². The Balaban J connectivity index is 0.000000853. The average molecular weight is 224 g/mol. The van der Waals surface area contributed by atoms with Crippen LogP contribution in [0.5, 0.6) is 0 Å². The van der Waals surface area contributed by atoms with Gasteiger partial charge in [-0.15, -0.1) is 12.4 Å². The molecule has 0 spiro atoms. The van der Waals surface area contributed by atoms with Crippen LogP contribution >= 0.6 is 12.4 Å². The fraction of sp³-hybridized carbons (Fsp3) is 0.538. The van der Waals surface area contributed by atoms with Crippen molar-refractivity contribution in [3.8, 4) is 0 Å². The van der Waals surface area contributed by atoms with Gasteiger partial charge in [-0.2, -0.15) is 0 Å². The molecule has 1 aromatic carbocycles. The Morgan fingerprint density at radius 3 is 2.40 bits per heavy atom. The standard InChI is InChI=1S/C13H17N.ClH/c1-10-2-4-12(5-3-10)13-6-11(7-13)8-14-9-13;/h2-5,11,14H,6-9H2,1H3;1H. The minimum absolute atomic E-state index is 0. The zero-order chi connectivity index (χ0) is 9.60. The van der Waals surface area contributed by atoms with E-state index in [4.69, 9.17) is 0 Å². The number of hydrogen-bond donors (Lipinski definition) is 1. The highest BCUT2D eigenvalue weighted by Gasteiger charge is 2.47. The quantitative estimate of drug-likeness (QED) is 0.772. The van der Waals surface area contributed by atoms with Crippen LogP contribution in [-0.2, 0) is 5.41 Å². The van der Waals surface area contributed by atoms with Crippen LogP contribution in [-0.4, -0.2) is 13.1 Å². The molecule has 2 saturated heterocycles. The van der Waals surface area contributed by atoms with Gasteiger partial charge in [0.15, 0.2) is 0 Å². The lowest BCUT2D eigenvalue weighted by molar-refractivity contribution is 0.0901. The summed E-state index contributed by atoms with van der Waals surface area (Å²) in [4.78, 5) is 0. The largest absolute Gasteiger partial charge is 0.316 e. The number of rotatable bonds is 1. The lowest BCUT2D eigenvalue weighted by Gasteiger charge is -2.53. The van der Waals surface area contributed by atoms with Gasteiger partial charge < -0.3 is 5.32 Å². The van der Waals surface area contributed by atoms with Crippen molar-refractivity contribution in [2.75, 3.05) is 13.1 Å². The van der Waals surface area contributed by atoms with Crippen molar-refractivity contribution >= 4 is 12.4 Å². The SMILES string of the molecule is Cc1ccc(C23CNCC(C2)C3)cc1.Cl. The summed E-state index contributed by atoms with van der Waals surface area (Å²) in [6.45, 7) is 4.59. The molecule has 3 aliphatic rings. The van der Waals surface area contributed by atoms with Gasteiger partial charge in [0.2, 0.25) is 0 Å². The molecular formula is C13H18ClN. The lowest BCUT2D eigenvalue weighted by atomic mass is 9.56. The molecule has 0 atom stereocenters. The number of benzene rings is 1. The molecule has 3 fully saturated rings. The summed E-state index contributed by atoms with van der Waals surface area (Å²) in [5.74, 6) is 0.949. The predicted molar refractivity (Wildman–Crippen MR) is 65.7 cm³/mol. The maximum Gasteiger partial charge on any atom is 0.00840 e. The second-order valence-corrected chi connectivity index (χ2v) is 5.05. The maximum atomic E-state index is 3.54. The van der Waals surface area contributed by atoms with Crippen molar-refractivity contribution in [3.63, 3.8) is 0 Å². The molecule has 0 amide bonds. The zero-order valence-corrected chi connectivity index (χ0v) is 9.94. The van der Waals surface area contributed by atoms with E-state index in [9.17, 15) is 0 Å². The highest BCUT2D eigenvalue weighted by Crippen LogP contribution is 2.49. The number of hydrogen-bond acceptors (Lipinski definition) is 1. The summed E-state index contributed by atoms with van der Waals surface area (Å²) in [6.07, 6.45) is 2.81. The molecule has 1 N–H and O–H groups in total. The van der Waals surface area contributed by atoms with E-state index in [1.165, 1.54) is 31.5 Å². The molecule has 1 aliphatic carbocycles. The number of fused-ring (bicyclic) bond motifs is 2. The number of piperidine rings is 2. The van der Waals surface area contributed by atoms with E-state index >= 15 is 0 Å². The normalized spacial score (nSPS) is 32.7. The Hall–Kier alpha value is -0.530. The van der Waals surface area contributed by atoms with Gasteiger partial charge in [-0.3, -0.25) is 0 Å². The van der Waals surface area contributed by atoms with Crippen LogP contribution in [0.2, 0.25) is 0 Å². The molecule has 82 valence electrons. The molecule has 1 aromatic rings. The first-order valence-corrected chi connectivity index (χ1v) is 5.56. The number of nitrogens with one attached hydrogen (secondary N) is 1. The van der Waals surface area contributed by atoms with E-state index in [0.29, 0.717) is 5.41 Å². The van der Waals surface area contributed by atoms with E-state index in [0.717, 1.165) is 5.92 Å². The van der Waals surface area contributed by atoms with Crippen LogP contribution in [0.15, 0.2) is 24.3 Å². The molecule has 2 bridgehead atoms. The lowest BCUT2D eigenvalue weighted by Crippen LogP contribution is -2.57. The van der Waals surface area contributed by atoms with Crippen LogP contribution in [0.3, 0.4) is 0 Å². The summed E-state index contributed by atoms with van der Waals surface area (Å²) in [6, 6.07) is 9.12. The summed E-state index contributed by atoms with van der Waals surface area (Å²) in [5, 5.41) is 3.54. The van der Waals surface area contributed by atoms with E-state index in [1.807, 2.05) is 0 Å². The first-order valence-electron chi connectivity index (χ1n) is 5.56. The Morgan fingerprint density at radius 2 is 1.87 bits per heavy atom. The third kappa shape index (κ3) is 1.68. The van der Waals surface area contributed by atoms with Gasteiger partial charge in [-0.1, -0.05) is 29.8 Å². The minimum atomic E-state index is 0. The topological polar surface area (TPSA) is 12.0 Å². The first-order chi connectivity index (χ1) is 6.78. The second kappa shape index (κ2) is 3.80. The third-order valence-electron chi connectivity index (χ3n) is 3.92.